The van der Waals surface area contributed by atoms with Crippen LogP contribution in [0.3, 0.4) is 0 Å². The molecule has 3 aromatic carbocycles. The second-order valence-corrected chi connectivity index (χ2v) is 10.9. The van der Waals surface area contributed by atoms with Gasteiger partial charge in [-0.25, -0.2) is 4.79 Å². The lowest BCUT2D eigenvalue weighted by Crippen LogP contribution is -2.54. The average molecular weight is 509 g/mol. The summed E-state index contributed by atoms with van der Waals surface area (Å²) in [5, 5.41) is 0. The number of aryl methyl sites for hydroxylation is 1. The van der Waals surface area contributed by atoms with Crippen molar-refractivity contribution in [1.29, 1.82) is 0 Å². The van der Waals surface area contributed by atoms with Crippen molar-refractivity contribution in [2.75, 3.05) is 19.7 Å². The molecule has 2 bridgehead atoms. The van der Waals surface area contributed by atoms with E-state index in [1.165, 1.54) is 27.8 Å². The van der Waals surface area contributed by atoms with Crippen molar-refractivity contribution in [2.24, 2.45) is 0 Å². The van der Waals surface area contributed by atoms with Crippen LogP contribution in [0.15, 0.2) is 78.9 Å². The molecular formula is C33H36N2O3. The fraction of sp³-hybridized carbons (Fsp3) is 0.394. The fourth-order valence-corrected chi connectivity index (χ4v) is 6.67. The molecule has 2 unspecified atom stereocenters. The van der Waals surface area contributed by atoms with Gasteiger partial charge in [-0.1, -0.05) is 78.9 Å². The topological polar surface area (TPSA) is 49.9 Å². The Balaban J connectivity index is 1.10. The summed E-state index contributed by atoms with van der Waals surface area (Å²) in [5.74, 6) is 0.121. The molecule has 0 radical (unpaired) electrons. The molecule has 0 aromatic heterocycles. The van der Waals surface area contributed by atoms with Gasteiger partial charge in [-0.15, -0.1) is 0 Å². The first-order valence-corrected chi connectivity index (χ1v) is 14.2. The van der Waals surface area contributed by atoms with Gasteiger partial charge in [0.15, 0.2) is 0 Å². The van der Waals surface area contributed by atoms with Gasteiger partial charge in [0.05, 0.1) is 0 Å². The number of hydrogen-bond donors (Lipinski definition) is 0. The number of amides is 2. The molecule has 2 heterocycles. The van der Waals surface area contributed by atoms with Crippen LogP contribution in [0.1, 0.15) is 61.1 Å². The minimum Gasteiger partial charge on any atom is -0.448 e. The van der Waals surface area contributed by atoms with E-state index < -0.39 is 6.04 Å². The SMILES string of the molecule is O=C1C2CCCC(CCN1CCCCc1ccccc1)N2C(=O)OCC1c2ccccc2-c2ccccc21. The molecule has 2 atom stereocenters. The number of rotatable bonds is 7. The van der Waals surface area contributed by atoms with Crippen molar-refractivity contribution in [3.05, 3.63) is 95.6 Å². The molecule has 6 rings (SSSR count). The molecule has 3 aliphatic rings. The number of nitrogens with zero attached hydrogens (tertiary/aromatic N) is 2. The second-order valence-electron chi connectivity index (χ2n) is 10.9. The molecule has 0 saturated carbocycles. The highest BCUT2D eigenvalue weighted by atomic mass is 16.6. The van der Waals surface area contributed by atoms with Gasteiger partial charge in [0.2, 0.25) is 5.91 Å². The molecule has 196 valence electrons. The van der Waals surface area contributed by atoms with E-state index in [2.05, 4.69) is 60.7 Å². The molecule has 3 aromatic rings. The van der Waals surface area contributed by atoms with Crippen LogP contribution in [0.4, 0.5) is 4.79 Å². The van der Waals surface area contributed by atoms with Crippen LogP contribution < -0.4 is 0 Å². The van der Waals surface area contributed by atoms with Gasteiger partial charge >= 0.3 is 6.09 Å². The Morgan fingerprint density at radius 3 is 2.24 bits per heavy atom. The monoisotopic (exact) mass is 508 g/mol. The highest BCUT2D eigenvalue weighted by molar-refractivity contribution is 5.87. The third-order valence-electron chi connectivity index (χ3n) is 8.61. The van der Waals surface area contributed by atoms with Crippen LogP contribution >= 0.6 is 0 Å². The van der Waals surface area contributed by atoms with E-state index in [0.29, 0.717) is 6.61 Å². The molecule has 0 N–H and O–H groups in total. The van der Waals surface area contributed by atoms with Crippen molar-refractivity contribution in [3.63, 3.8) is 0 Å². The van der Waals surface area contributed by atoms with Gasteiger partial charge in [-0.2, -0.15) is 0 Å². The molecule has 2 fully saturated rings. The maximum Gasteiger partial charge on any atom is 0.410 e. The maximum atomic E-state index is 13.6. The highest BCUT2D eigenvalue weighted by Gasteiger charge is 2.43. The standard InChI is InChI=1S/C33H36N2O3/c36-32-31-19-10-14-25(20-22-34(32)21-9-8-13-24-11-2-1-3-12-24)35(31)33(37)38-23-30-28-17-6-4-15-26(28)27-16-5-7-18-29(27)30/h1-7,11-12,15-18,25,30-31H,8-10,13-14,19-23H2. The Bertz CT molecular complexity index is 1240. The zero-order valence-corrected chi connectivity index (χ0v) is 21.9. The third kappa shape index (κ3) is 4.82. The van der Waals surface area contributed by atoms with E-state index in [9.17, 15) is 9.59 Å². The third-order valence-corrected chi connectivity index (χ3v) is 8.61. The lowest BCUT2D eigenvalue weighted by molar-refractivity contribution is -0.136. The zero-order valence-electron chi connectivity index (χ0n) is 21.9. The Hall–Kier alpha value is -3.60. The summed E-state index contributed by atoms with van der Waals surface area (Å²) in [7, 11) is 0. The minimum absolute atomic E-state index is 0.0231. The minimum atomic E-state index is -0.402. The van der Waals surface area contributed by atoms with Crippen LogP contribution in [-0.4, -0.2) is 53.6 Å². The Morgan fingerprint density at radius 2 is 1.50 bits per heavy atom. The number of carbonyl (C=O) groups is 2. The Kier molecular flexibility index (Phi) is 7.17. The zero-order chi connectivity index (χ0) is 25.9. The first-order valence-electron chi connectivity index (χ1n) is 14.2. The fourth-order valence-electron chi connectivity index (χ4n) is 6.67. The smallest absolute Gasteiger partial charge is 0.410 e. The van der Waals surface area contributed by atoms with E-state index in [0.717, 1.165) is 58.0 Å². The number of carbonyl (C=O) groups excluding carboxylic acids is 2. The summed E-state index contributed by atoms with van der Waals surface area (Å²) < 4.78 is 6.02. The predicted molar refractivity (Wildman–Crippen MR) is 149 cm³/mol. The molecule has 2 aliphatic heterocycles. The van der Waals surface area contributed by atoms with Crippen LogP contribution in [0.25, 0.3) is 11.1 Å². The first kappa shape index (κ1) is 24.7. The number of hydrogen-bond acceptors (Lipinski definition) is 3. The summed E-state index contributed by atoms with van der Waals surface area (Å²) in [6.45, 7) is 1.77. The molecule has 2 saturated heterocycles. The summed E-state index contributed by atoms with van der Waals surface area (Å²) in [4.78, 5) is 30.9. The van der Waals surface area contributed by atoms with Crippen LogP contribution in [0.5, 0.6) is 0 Å². The number of benzene rings is 3. The average Bonchev–Trinajstić information content (AvgIpc) is 3.25. The number of fused-ring (bicyclic) bond motifs is 5. The van der Waals surface area contributed by atoms with E-state index in [4.69, 9.17) is 4.74 Å². The van der Waals surface area contributed by atoms with Crippen molar-refractivity contribution in [1.82, 2.24) is 9.80 Å². The van der Waals surface area contributed by atoms with E-state index >= 15 is 0 Å². The van der Waals surface area contributed by atoms with E-state index in [1.54, 1.807) is 4.90 Å². The normalized spacial score (nSPS) is 20.6. The van der Waals surface area contributed by atoms with Crippen molar-refractivity contribution >= 4 is 12.0 Å². The number of ether oxygens (including phenoxy) is 1. The summed E-state index contributed by atoms with van der Waals surface area (Å²) in [5.41, 5.74) is 6.18. The van der Waals surface area contributed by atoms with Crippen LogP contribution in [0.2, 0.25) is 0 Å². The predicted octanol–water partition coefficient (Wildman–Crippen LogP) is 6.41. The molecule has 38 heavy (non-hydrogen) atoms. The van der Waals surface area contributed by atoms with Gasteiger partial charge in [0.25, 0.3) is 0 Å². The van der Waals surface area contributed by atoms with Gasteiger partial charge in [0.1, 0.15) is 12.6 Å². The lowest BCUT2D eigenvalue weighted by atomic mass is 9.95. The summed E-state index contributed by atoms with van der Waals surface area (Å²) >= 11 is 0. The molecule has 5 nitrogen and oxygen atoms in total. The molecule has 1 aliphatic carbocycles. The van der Waals surface area contributed by atoms with Gasteiger partial charge < -0.3 is 9.64 Å². The number of unbranched alkanes of at least 4 members (excludes halogenated alkanes) is 1. The molecule has 2 amide bonds. The van der Waals surface area contributed by atoms with Crippen molar-refractivity contribution in [3.8, 4) is 11.1 Å². The maximum absolute atomic E-state index is 13.6. The summed E-state index contributed by atoms with van der Waals surface area (Å²) in [6.07, 6.45) is 6.19. The first-order chi connectivity index (χ1) is 18.7. The van der Waals surface area contributed by atoms with Crippen LogP contribution in [-0.2, 0) is 16.0 Å². The highest BCUT2D eigenvalue weighted by Crippen LogP contribution is 2.44. The van der Waals surface area contributed by atoms with Crippen LogP contribution in [0, 0.1) is 0 Å². The van der Waals surface area contributed by atoms with Gasteiger partial charge in [-0.05, 0) is 72.8 Å². The van der Waals surface area contributed by atoms with E-state index in [-0.39, 0.29) is 24.0 Å². The van der Waals surface area contributed by atoms with Crippen molar-refractivity contribution < 1.29 is 14.3 Å². The van der Waals surface area contributed by atoms with E-state index in [1.807, 2.05) is 23.1 Å². The van der Waals surface area contributed by atoms with Crippen molar-refractivity contribution in [2.45, 2.75) is 62.9 Å². The molecule has 0 spiro atoms. The second kappa shape index (κ2) is 11.0. The number of piperidine rings is 1. The quantitative estimate of drug-likeness (QED) is 0.346. The van der Waals surface area contributed by atoms with Gasteiger partial charge in [0, 0.05) is 25.0 Å². The summed E-state index contributed by atoms with van der Waals surface area (Å²) in [6, 6.07) is 26.9. The van der Waals surface area contributed by atoms with Gasteiger partial charge in [-0.3, -0.25) is 9.69 Å². The molecular weight excluding hydrogens is 472 g/mol. The molecule has 5 heteroatoms. The Morgan fingerprint density at radius 1 is 0.816 bits per heavy atom. The largest absolute Gasteiger partial charge is 0.448 e. The Labute approximate surface area is 225 Å². The lowest BCUT2D eigenvalue weighted by Gasteiger charge is -2.38.